The normalized spacial score (nSPS) is 15.8. The van der Waals surface area contributed by atoms with Crippen LogP contribution in [-0.4, -0.2) is 41.9 Å². The first-order chi connectivity index (χ1) is 15.5. The second-order valence-electron chi connectivity index (χ2n) is 7.48. The van der Waals surface area contributed by atoms with E-state index in [0.717, 1.165) is 17.9 Å². The molecule has 7 nitrogen and oxygen atoms in total. The number of likely N-dealkylation sites (tertiary alicyclic amines) is 1. The van der Waals surface area contributed by atoms with Crippen molar-refractivity contribution in [2.24, 2.45) is 5.92 Å². The van der Waals surface area contributed by atoms with Crippen LogP contribution in [0.2, 0.25) is 0 Å². The van der Waals surface area contributed by atoms with Gasteiger partial charge in [-0.1, -0.05) is 6.07 Å². The summed E-state index contributed by atoms with van der Waals surface area (Å²) in [5, 5.41) is 8.30. The fourth-order valence-corrected chi connectivity index (χ4v) is 4.27. The van der Waals surface area contributed by atoms with E-state index in [0.29, 0.717) is 36.0 Å². The number of carbonyl (C=O) groups is 2. The number of nitrogens with one attached hydrogen (secondary N) is 2. The molecule has 2 amide bonds. The highest BCUT2D eigenvalue weighted by atomic mass is 32.1. The highest BCUT2D eigenvalue weighted by Crippen LogP contribution is 2.26. The zero-order valence-corrected chi connectivity index (χ0v) is 18.3. The second-order valence-corrected chi connectivity index (χ2v) is 8.34. The molecule has 0 aliphatic carbocycles. The van der Waals surface area contributed by atoms with Gasteiger partial charge in [-0.25, -0.2) is 9.37 Å². The second kappa shape index (κ2) is 9.78. The lowest BCUT2D eigenvalue weighted by Gasteiger charge is -2.31. The fraction of sp³-hybridized carbons (Fsp3) is 0.261. The van der Waals surface area contributed by atoms with Gasteiger partial charge >= 0.3 is 0 Å². The smallest absolute Gasteiger partial charge is 0.273 e. The average molecular weight is 455 g/mol. The molecule has 2 N–H and O–H groups in total. The number of benzene rings is 2. The lowest BCUT2D eigenvalue weighted by molar-refractivity contribution is -0.121. The Labute approximate surface area is 189 Å². The molecule has 3 aromatic rings. The third kappa shape index (κ3) is 5.23. The van der Waals surface area contributed by atoms with E-state index in [1.165, 1.54) is 35.6 Å². The van der Waals surface area contributed by atoms with E-state index in [4.69, 9.17) is 4.74 Å². The number of thiazole rings is 1. The number of amides is 2. The van der Waals surface area contributed by atoms with Crippen LogP contribution in [0.1, 0.15) is 23.3 Å². The molecule has 2 aromatic carbocycles. The molecule has 0 saturated carbocycles. The van der Waals surface area contributed by atoms with E-state index in [2.05, 4.69) is 15.6 Å². The largest absolute Gasteiger partial charge is 0.497 e. The number of anilines is 3. The van der Waals surface area contributed by atoms with Crippen LogP contribution in [0.5, 0.6) is 5.75 Å². The molecule has 32 heavy (non-hydrogen) atoms. The van der Waals surface area contributed by atoms with Crippen molar-refractivity contribution in [2.45, 2.75) is 12.8 Å². The van der Waals surface area contributed by atoms with Crippen LogP contribution in [0.25, 0.3) is 0 Å². The molecule has 1 aromatic heterocycles. The lowest BCUT2D eigenvalue weighted by Crippen LogP contribution is -2.43. The number of methoxy groups -OCH3 is 1. The SMILES string of the molecule is COc1cccc(Nc2nc(C(=O)N3CCCC(C(=O)Nc4ccc(F)cc4)C3)cs2)c1. The standard InChI is InChI=1S/C23H23FN4O3S/c1-31-19-6-2-5-18(12-19)26-23-27-20(14-32-23)22(30)28-11-3-4-15(13-28)21(29)25-17-9-7-16(24)8-10-17/h2,5-10,12,14-15H,3-4,11,13H2,1H3,(H,25,29)(H,26,27). The predicted octanol–water partition coefficient (Wildman–Crippen LogP) is 4.53. The van der Waals surface area contributed by atoms with Crippen LogP contribution >= 0.6 is 11.3 Å². The molecular weight excluding hydrogens is 431 g/mol. The van der Waals surface area contributed by atoms with Crippen molar-refractivity contribution in [3.63, 3.8) is 0 Å². The van der Waals surface area contributed by atoms with Crippen LogP contribution in [0.15, 0.2) is 53.9 Å². The van der Waals surface area contributed by atoms with Crippen molar-refractivity contribution in [3.8, 4) is 5.75 Å². The Kier molecular flexibility index (Phi) is 6.65. The van der Waals surface area contributed by atoms with Gasteiger partial charge < -0.3 is 20.3 Å². The van der Waals surface area contributed by atoms with E-state index in [-0.39, 0.29) is 23.5 Å². The molecule has 1 aliphatic heterocycles. The van der Waals surface area contributed by atoms with E-state index >= 15 is 0 Å². The number of ether oxygens (including phenoxy) is 1. The number of hydrogen-bond acceptors (Lipinski definition) is 6. The van der Waals surface area contributed by atoms with Crippen molar-refractivity contribution in [3.05, 3.63) is 65.4 Å². The summed E-state index contributed by atoms with van der Waals surface area (Å²) in [6, 6.07) is 13.1. The molecule has 0 spiro atoms. The monoisotopic (exact) mass is 454 g/mol. The topological polar surface area (TPSA) is 83.6 Å². The Morgan fingerprint density at radius 2 is 2.00 bits per heavy atom. The number of carbonyl (C=O) groups excluding carboxylic acids is 2. The zero-order chi connectivity index (χ0) is 22.5. The average Bonchev–Trinajstić information content (AvgIpc) is 3.28. The first-order valence-corrected chi connectivity index (χ1v) is 11.1. The van der Waals surface area contributed by atoms with Crippen molar-refractivity contribution in [1.82, 2.24) is 9.88 Å². The number of aromatic nitrogens is 1. The highest BCUT2D eigenvalue weighted by Gasteiger charge is 2.30. The summed E-state index contributed by atoms with van der Waals surface area (Å²) in [4.78, 5) is 31.7. The van der Waals surface area contributed by atoms with Gasteiger partial charge in [0.1, 0.15) is 17.3 Å². The Hall–Kier alpha value is -3.46. The van der Waals surface area contributed by atoms with Gasteiger partial charge in [0.25, 0.3) is 5.91 Å². The Balaban J connectivity index is 1.37. The Bertz CT molecular complexity index is 1100. The molecule has 1 aliphatic rings. The molecule has 9 heteroatoms. The maximum absolute atomic E-state index is 13.1. The summed E-state index contributed by atoms with van der Waals surface area (Å²) in [6.07, 6.45) is 1.42. The van der Waals surface area contributed by atoms with Gasteiger partial charge in [-0.05, 0) is 49.2 Å². The Morgan fingerprint density at radius 1 is 1.19 bits per heavy atom. The van der Waals surface area contributed by atoms with E-state index < -0.39 is 0 Å². The zero-order valence-electron chi connectivity index (χ0n) is 17.5. The third-order valence-corrected chi connectivity index (χ3v) is 5.99. The summed E-state index contributed by atoms with van der Waals surface area (Å²) < 4.78 is 18.3. The van der Waals surface area contributed by atoms with Gasteiger partial charge in [-0.2, -0.15) is 0 Å². The molecule has 2 heterocycles. The molecule has 0 bridgehead atoms. The van der Waals surface area contributed by atoms with Crippen LogP contribution < -0.4 is 15.4 Å². The number of rotatable bonds is 6. The number of nitrogens with zero attached hydrogens (tertiary/aromatic N) is 2. The Morgan fingerprint density at radius 3 is 2.78 bits per heavy atom. The van der Waals surface area contributed by atoms with Gasteiger partial charge in [0.05, 0.1) is 13.0 Å². The summed E-state index contributed by atoms with van der Waals surface area (Å²) in [6.45, 7) is 0.900. The minimum atomic E-state index is -0.360. The van der Waals surface area contributed by atoms with Crippen LogP contribution in [-0.2, 0) is 4.79 Å². The van der Waals surface area contributed by atoms with Crippen molar-refractivity contribution in [2.75, 3.05) is 30.8 Å². The van der Waals surface area contributed by atoms with Crippen molar-refractivity contribution >= 4 is 39.7 Å². The van der Waals surface area contributed by atoms with Gasteiger partial charge in [0.15, 0.2) is 5.13 Å². The minimum absolute atomic E-state index is 0.173. The van der Waals surface area contributed by atoms with Gasteiger partial charge in [0.2, 0.25) is 5.91 Å². The van der Waals surface area contributed by atoms with Crippen molar-refractivity contribution < 1.29 is 18.7 Å². The van der Waals surface area contributed by atoms with Crippen molar-refractivity contribution in [1.29, 1.82) is 0 Å². The van der Waals surface area contributed by atoms with Gasteiger partial charge in [0, 0.05) is 35.9 Å². The van der Waals surface area contributed by atoms with Crippen LogP contribution in [0.3, 0.4) is 0 Å². The van der Waals surface area contributed by atoms with Crippen LogP contribution in [0.4, 0.5) is 20.9 Å². The summed E-state index contributed by atoms with van der Waals surface area (Å²) in [5.74, 6) is -0.333. The summed E-state index contributed by atoms with van der Waals surface area (Å²) >= 11 is 1.34. The molecule has 166 valence electrons. The molecule has 0 radical (unpaired) electrons. The first kappa shape index (κ1) is 21.8. The maximum Gasteiger partial charge on any atom is 0.273 e. The van der Waals surface area contributed by atoms with Gasteiger partial charge in [-0.3, -0.25) is 9.59 Å². The third-order valence-electron chi connectivity index (χ3n) is 5.24. The number of piperidine rings is 1. The van der Waals surface area contributed by atoms with Crippen LogP contribution in [0, 0.1) is 11.7 Å². The summed E-state index contributed by atoms with van der Waals surface area (Å²) in [7, 11) is 1.60. The molecule has 1 atom stereocenters. The maximum atomic E-state index is 13.1. The van der Waals surface area contributed by atoms with E-state index in [9.17, 15) is 14.0 Å². The highest BCUT2D eigenvalue weighted by molar-refractivity contribution is 7.14. The predicted molar refractivity (Wildman–Crippen MR) is 122 cm³/mol. The van der Waals surface area contributed by atoms with Gasteiger partial charge in [-0.15, -0.1) is 11.3 Å². The molecule has 1 saturated heterocycles. The van der Waals surface area contributed by atoms with E-state index in [1.807, 2.05) is 24.3 Å². The summed E-state index contributed by atoms with van der Waals surface area (Å²) in [5.41, 5.74) is 1.70. The molecular formula is C23H23FN4O3S. The number of hydrogen-bond donors (Lipinski definition) is 2. The fourth-order valence-electron chi connectivity index (χ4n) is 3.57. The molecule has 1 unspecified atom stereocenters. The quantitative estimate of drug-likeness (QED) is 0.572. The number of halogens is 1. The lowest BCUT2D eigenvalue weighted by atomic mass is 9.96. The first-order valence-electron chi connectivity index (χ1n) is 10.2. The van der Waals surface area contributed by atoms with E-state index in [1.54, 1.807) is 17.4 Å². The minimum Gasteiger partial charge on any atom is -0.497 e. The molecule has 1 fully saturated rings. The molecule has 4 rings (SSSR count).